The van der Waals surface area contributed by atoms with E-state index in [1.165, 1.54) is 30.7 Å². The Morgan fingerprint density at radius 2 is 2.22 bits per heavy atom. The van der Waals surface area contributed by atoms with Gasteiger partial charge in [-0.2, -0.15) is 0 Å². The first kappa shape index (κ1) is 15.9. The standard InChI is InChI=1S/C15H18FN5OS/c1-10-6-7-11(8-13(10)16)17-14(22)9-23-15-18-19-20-21(15)12-4-2-3-5-12/h6-8,12H,2-5,9H2,1H3,(H,17,22). The highest BCUT2D eigenvalue weighted by Gasteiger charge is 2.22. The Bertz CT molecular complexity index is 699. The molecule has 0 unspecified atom stereocenters. The number of amides is 1. The smallest absolute Gasteiger partial charge is 0.234 e. The van der Waals surface area contributed by atoms with Crippen LogP contribution in [0.5, 0.6) is 0 Å². The van der Waals surface area contributed by atoms with E-state index in [0.717, 1.165) is 12.8 Å². The molecule has 23 heavy (non-hydrogen) atoms. The molecule has 1 heterocycles. The average Bonchev–Trinajstić information content (AvgIpc) is 3.19. The number of nitrogens with zero attached hydrogens (tertiary/aromatic N) is 4. The molecule has 3 rings (SSSR count). The maximum absolute atomic E-state index is 13.5. The number of anilines is 1. The van der Waals surface area contributed by atoms with Gasteiger partial charge < -0.3 is 5.32 Å². The van der Waals surface area contributed by atoms with Crippen molar-refractivity contribution in [1.82, 2.24) is 20.2 Å². The van der Waals surface area contributed by atoms with E-state index < -0.39 is 0 Å². The third kappa shape index (κ3) is 3.87. The molecule has 1 aliphatic rings. The van der Waals surface area contributed by atoms with E-state index in [2.05, 4.69) is 20.8 Å². The Morgan fingerprint density at radius 3 is 2.96 bits per heavy atom. The number of carbonyl (C=O) groups is 1. The fourth-order valence-electron chi connectivity index (χ4n) is 2.66. The molecular formula is C15H18FN5OS. The first-order chi connectivity index (χ1) is 11.1. The molecule has 1 aromatic carbocycles. The number of carbonyl (C=O) groups excluding carboxylic acids is 1. The lowest BCUT2D eigenvalue weighted by atomic mass is 10.2. The molecule has 0 bridgehead atoms. The van der Waals surface area contributed by atoms with E-state index in [0.29, 0.717) is 22.4 Å². The quantitative estimate of drug-likeness (QED) is 0.851. The molecule has 2 aromatic rings. The summed E-state index contributed by atoms with van der Waals surface area (Å²) in [5.74, 6) is -0.359. The molecule has 0 aliphatic heterocycles. The molecule has 1 amide bonds. The molecule has 122 valence electrons. The third-order valence-corrected chi connectivity index (χ3v) is 4.85. The normalized spacial score (nSPS) is 15.0. The van der Waals surface area contributed by atoms with E-state index in [4.69, 9.17) is 0 Å². The summed E-state index contributed by atoms with van der Waals surface area (Å²) in [5, 5.41) is 15.1. The van der Waals surface area contributed by atoms with Gasteiger partial charge in [-0.1, -0.05) is 30.7 Å². The Morgan fingerprint density at radius 1 is 1.43 bits per heavy atom. The Kier molecular flexibility index (Phi) is 4.90. The number of nitrogens with one attached hydrogen (secondary N) is 1. The highest BCUT2D eigenvalue weighted by Crippen LogP contribution is 2.31. The Balaban J connectivity index is 1.57. The molecule has 0 saturated heterocycles. The van der Waals surface area contributed by atoms with Crippen LogP contribution in [0.3, 0.4) is 0 Å². The highest BCUT2D eigenvalue weighted by molar-refractivity contribution is 7.99. The Hall–Kier alpha value is -1.96. The van der Waals surface area contributed by atoms with Crippen molar-refractivity contribution in [3.63, 3.8) is 0 Å². The van der Waals surface area contributed by atoms with Gasteiger partial charge in [0, 0.05) is 5.69 Å². The van der Waals surface area contributed by atoms with Crippen molar-refractivity contribution in [2.75, 3.05) is 11.1 Å². The highest BCUT2D eigenvalue weighted by atomic mass is 32.2. The second-order valence-corrected chi connectivity index (χ2v) is 6.59. The van der Waals surface area contributed by atoms with E-state index in [1.807, 2.05) is 4.68 Å². The van der Waals surface area contributed by atoms with Gasteiger partial charge in [-0.15, -0.1) is 5.10 Å². The number of rotatable bonds is 5. The van der Waals surface area contributed by atoms with Crippen LogP contribution in [0.1, 0.15) is 37.3 Å². The number of halogens is 1. The summed E-state index contributed by atoms with van der Waals surface area (Å²) in [6.45, 7) is 1.68. The van der Waals surface area contributed by atoms with E-state index in [-0.39, 0.29) is 17.5 Å². The second kappa shape index (κ2) is 7.08. The first-order valence-electron chi connectivity index (χ1n) is 7.60. The summed E-state index contributed by atoms with van der Waals surface area (Å²) in [5.41, 5.74) is 1.00. The lowest BCUT2D eigenvalue weighted by molar-refractivity contribution is -0.113. The van der Waals surface area contributed by atoms with Gasteiger partial charge in [0.1, 0.15) is 5.82 Å². The van der Waals surface area contributed by atoms with Gasteiger partial charge in [0.15, 0.2) is 0 Å². The zero-order chi connectivity index (χ0) is 16.2. The number of hydrogen-bond donors (Lipinski definition) is 1. The lowest BCUT2D eigenvalue weighted by Gasteiger charge is -2.10. The van der Waals surface area contributed by atoms with Crippen LogP contribution in [-0.2, 0) is 4.79 Å². The summed E-state index contributed by atoms with van der Waals surface area (Å²) in [4.78, 5) is 12.0. The van der Waals surface area contributed by atoms with Crippen molar-refractivity contribution in [2.24, 2.45) is 0 Å². The van der Waals surface area contributed by atoms with Gasteiger partial charge in [-0.05, 0) is 47.9 Å². The van der Waals surface area contributed by atoms with Crippen LogP contribution in [0.25, 0.3) is 0 Å². The maximum Gasteiger partial charge on any atom is 0.234 e. The number of benzene rings is 1. The van der Waals surface area contributed by atoms with Crippen LogP contribution in [0, 0.1) is 12.7 Å². The van der Waals surface area contributed by atoms with Crippen LogP contribution in [0.4, 0.5) is 10.1 Å². The van der Waals surface area contributed by atoms with Gasteiger partial charge in [-0.3, -0.25) is 4.79 Å². The molecular weight excluding hydrogens is 317 g/mol. The maximum atomic E-state index is 13.5. The third-order valence-electron chi connectivity index (χ3n) is 3.92. The van der Waals surface area contributed by atoms with Crippen LogP contribution < -0.4 is 5.32 Å². The number of aryl methyl sites for hydroxylation is 1. The van der Waals surface area contributed by atoms with Crippen molar-refractivity contribution >= 4 is 23.4 Å². The van der Waals surface area contributed by atoms with Crippen LogP contribution in [0.15, 0.2) is 23.4 Å². The van der Waals surface area contributed by atoms with E-state index >= 15 is 0 Å². The summed E-state index contributed by atoms with van der Waals surface area (Å²) in [7, 11) is 0. The van der Waals surface area contributed by atoms with Crippen LogP contribution >= 0.6 is 11.8 Å². The molecule has 6 nitrogen and oxygen atoms in total. The summed E-state index contributed by atoms with van der Waals surface area (Å²) < 4.78 is 15.3. The van der Waals surface area contributed by atoms with Gasteiger partial charge in [-0.25, -0.2) is 9.07 Å². The predicted octanol–water partition coefficient (Wildman–Crippen LogP) is 2.97. The van der Waals surface area contributed by atoms with Gasteiger partial charge in [0.25, 0.3) is 0 Å². The molecule has 0 atom stereocenters. The molecule has 1 fully saturated rings. The van der Waals surface area contributed by atoms with Crippen molar-refractivity contribution < 1.29 is 9.18 Å². The minimum absolute atomic E-state index is 0.183. The largest absolute Gasteiger partial charge is 0.325 e. The fourth-order valence-corrected chi connectivity index (χ4v) is 3.40. The zero-order valence-corrected chi connectivity index (χ0v) is 13.6. The molecule has 1 aliphatic carbocycles. The molecule has 1 saturated carbocycles. The van der Waals surface area contributed by atoms with Gasteiger partial charge in [0.05, 0.1) is 11.8 Å². The SMILES string of the molecule is Cc1ccc(NC(=O)CSc2nnnn2C2CCCC2)cc1F. The van der Waals surface area contributed by atoms with Crippen LogP contribution in [0.2, 0.25) is 0 Å². The Labute approximate surface area is 137 Å². The van der Waals surface area contributed by atoms with Crippen molar-refractivity contribution in [1.29, 1.82) is 0 Å². The average molecular weight is 335 g/mol. The minimum Gasteiger partial charge on any atom is -0.325 e. The monoisotopic (exact) mass is 335 g/mol. The lowest BCUT2D eigenvalue weighted by Crippen LogP contribution is -2.15. The molecule has 1 N–H and O–H groups in total. The van der Waals surface area contributed by atoms with E-state index in [9.17, 15) is 9.18 Å². The summed E-state index contributed by atoms with van der Waals surface area (Å²) >= 11 is 1.30. The van der Waals surface area contributed by atoms with Gasteiger partial charge >= 0.3 is 0 Å². The van der Waals surface area contributed by atoms with Crippen molar-refractivity contribution in [3.05, 3.63) is 29.6 Å². The number of thioether (sulfide) groups is 1. The summed E-state index contributed by atoms with van der Waals surface area (Å²) in [6, 6.07) is 4.98. The number of hydrogen-bond acceptors (Lipinski definition) is 5. The van der Waals surface area contributed by atoms with E-state index in [1.54, 1.807) is 19.1 Å². The second-order valence-electron chi connectivity index (χ2n) is 5.65. The molecule has 1 aromatic heterocycles. The van der Waals surface area contributed by atoms with Crippen molar-refractivity contribution in [2.45, 2.75) is 43.8 Å². The zero-order valence-electron chi connectivity index (χ0n) is 12.8. The minimum atomic E-state index is -0.333. The van der Waals surface area contributed by atoms with Crippen molar-refractivity contribution in [3.8, 4) is 0 Å². The predicted molar refractivity (Wildman–Crippen MR) is 85.8 cm³/mol. The number of aromatic nitrogens is 4. The first-order valence-corrected chi connectivity index (χ1v) is 8.59. The molecule has 0 spiro atoms. The summed E-state index contributed by atoms with van der Waals surface area (Å²) in [6.07, 6.45) is 4.53. The molecule has 8 heteroatoms. The topological polar surface area (TPSA) is 72.7 Å². The van der Waals surface area contributed by atoms with Crippen LogP contribution in [-0.4, -0.2) is 31.9 Å². The molecule has 0 radical (unpaired) electrons. The van der Waals surface area contributed by atoms with Gasteiger partial charge in [0.2, 0.25) is 11.1 Å². The fraction of sp³-hybridized carbons (Fsp3) is 0.467. The number of tetrazole rings is 1.